The number of carboxylic acid groups (broad SMARTS) is 1. The molecule has 3 N–H and O–H groups in total. The average Bonchev–Trinajstić information content (AvgIpc) is 2.37. The van der Waals surface area contributed by atoms with Gasteiger partial charge in [-0.1, -0.05) is 0 Å². The molecule has 1 aromatic rings. The summed E-state index contributed by atoms with van der Waals surface area (Å²) in [5, 5.41) is 21.1. The van der Waals surface area contributed by atoms with Gasteiger partial charge in [-0.25, -0.2) is 9.59 Å². The van der Waals surface area contributed by atoms with Crippen LogP contribution in [0.3, 0.4) is 0 Å². The quantitative estimate of drug-likeness (QED) is 0.771. The molecule has 1 aromatic carbocycles. The van der Waals surface area contributed by atoms with Crippen molar-refractivity contribution >= 4 is 17.7 Å². The maximum Gasteiger partial charge on any atom is 0.339 e. The van der Waals surface area contributed by atoms with Crippen LogP contribution in [0.5, 0.6) is 5.75 Å². The van der Waals surface area contributed by atoms with E-state index in [0.29, 0.717) is 25.4 Å². The molecule has 21 heavy (non-hydrogen) atoms. The first-order valence-corrected chi connectivity index (χ1v) is 6.54. The van der Waals surface area contributed by atoms with Crippen LogP contribution in [0.15, 0.2) is 18.2 Å². The number of phenols is 1. The number of aromatic carboxylic acids is 1. The zero-order valence-electron chi connectivity index (χ0n) is 11.9. The van der Waals surface area contributed by atoms with Crippen molar-refractivity contribution in [1.29, 1.82) is 0 Å². The Labute approximate surface area is 122 Å². The summed E-state index contributed by atoms with van der Waals surface area (Å²) < 4.78 is 5.35. The van der Waals surface area contributed by atoms with Crippen molar-refractivity contribution in [2.45, 2.75) is 19.4 Å². The molecule has 1 saturated heterocycles. The number of aromatic hydroxyl groups is 1. The van der Waals surface area contributed by atoms with E-state index in [1.54, 1.807) is 4.90 Å². The van der Waals surface area contributed by atoms with Crippen LogP contribution in [-0.2, 0) is 4.74 Å². The summed E-state index contributed by atoms with van der Waals surface area (Å²) in [6.45, 7) is 5.19. The van der Waals surface area contributed by atoms with Gasteiger partial charge in [0.25, 0.3) is 0 Å². The maximum atomic E-state index is 12.3. The Morgan fingerprint density at radius 1 is 1.38 bits per heavy atom. The van der Waals surface area contributed by atoms with Crippen LogP contribution >= 0.6 is 0 Å². The summed E-state index contributed by atoms with van der Waals surface area (Å²) in [6.07, 6.45) is 0. The SMILES string of the molecule is CC1(C)COCCN1C(=O)Nc1ccc(C(=O)O)c(O)c1. The van der Waals surface area contributed by atoms with Crippen molar-refractivity contribution in [3.8, 4) is 5.75 Å². The highest BCUT2D eigenvalue weighted by atomic mass is 16.5. The maximum absolute atomic E-state index is 12.3. The number of carbonyl (C=O) groups is 2. The number of carbonyl (C=O) groups excluding carboxylic acids is 1. The van der Waals surface area contributed by atoms with Gasteiger partial charge in [0.1, 0.15) is 11.3 Å². The highest BCUT2D eigenvalue weighted by Crippen LogP contribution is 2.24. The van der Waals surface area contributed by atoms with Gasteiger partial charge >= 0.3 is 12.0 Å². The third-order valence-electron chi connectivity index (χ3n) is 3.37. The van der Waals surface area contributed by atoms with Crippen molar-refractivity contribution in [1.82, 2.24) is 4.90 Å². The van der Waals surface area contributed by atoms with E-state index < -0.39 is 11.5 Å². The number of morpholine rings is 1. The Balaban J connectivity index is 2.12. The topological polar surface area (TPSA) is 99.1 Å². The van der Waals surface area contributed by atoms with E-state index in [0.717, 1.165) is 0 Å². The standard InChI is InChI=1S/C14H18N2O5/c1-14(2)8-21-6-5-16(14)13(20)15-9-3-4-10(12(18)19)11(17)7-9/h3-4,7,17H,5-6,8H2,1-2H3,(H,15,20)(H,18,19). The summed E-state index contributed by atoms with van der Waals surface area (Å²) in [5.41, 5.74) is -0.296. The molecule has 0 bridgehead atoms. The number of nitrogens with zero attached hydrogens (tertiary/aromatic N) is 1. The van der Waals surface area contributed by atoms with E-state index in [2.05, 4.69) is 5.32 Å². The zero-order chi connectivity index (χ0) is 15.6. The van der Waals surface area contributed by atoms with Crippen molar-refractivity contribution in [2.75, 3.05) is 25.1 Å². The second-order valence-electron chi connectivity index (χ2n) is 5.48. The Bertz CT molecular complexity index is 570. The van der Waals surface area contributed by atoms with Gasteiger partial charge in [-0.05, 0) is 26.0 Å². The molecule has 1 aliphatic rings. The molecule has 7 heteroatoms. The van der Waals surface area contributed by atoms with Crippen molar-refractivity contribution in [3.63, 3.8) is 0 Å². The highest BCUT2D eigenvalue weighted by molar-refractivity contribution is 5.94. The average molecular weight is 294 g/mol. The van der Waals surface area contributed by atoms with E-state index in [1.807, 2.05) is 13.8 Å². The molecule has 2 amide bonds. The van der Waals surface area contributed by atoms with Crippen LogP contribution in [0.2, 0.25) is 0 Å². The predicted octanol–water partition coefficient (Wildman–Crippen LogP) is 1.73. The normalized spacial score (nSPS) is 17.3. The van der Waals surface area contributed by atoms with E-state index in [-0.39, 0.29) is 17.3 Å². The molecule has 0 atom stereocenters. The lowest BCUT2D eigenvalue weighted by atomic mass is 10.0. The number of urea groups is 1. The molecule has 0 spiro atoms. The molecular formula is C14H18N2O5. The van der Waals surface area contributed by atoms with E-state index in [9.17, 15) is 14.7 Å². The highest BCUT2D eigenvalue weighted by Gasteiger charge is 2.34. The van der Waals surface area contributed by atoms with Gasteiger partial charge in [-0.3, -0.25) is 0 Å². The van der Waals surface area contributed by atoms with Gasteiger partial charge in [-0.15, -0.1) is 0 Å². The monoisotopic (exact) mass is 294 g/mol. The number of hydrogen-bond donors (Lipinski definition) is 3. The number of anilines is 1. The first-order chi connectivity index (χ1) is 9.81. The van der Waals surface area contributed by atoms with Crippen molar-refractivity contribution in [2.24, 2.45) is 0 Å². The van der Waals surface area contributed by atoms with Crippen LogP contribution in [0, 0.1) is 0 Å². The number of carboxylic acids is 1. The molecular weight excluding hydrogens is 276 g/mol. The van der Waals surface area contributed by atoms with Gasteiger partial charge in [0.05, 0.1) is 18.8 Å². The van der Waals surface area contributed by atoms with Crippen LogP contribution < -0.4 is 5.32 Å². The van der Waals surface area contributed by atoms with Gasteiger partial charge in [0, 0.05) is 18.3 Å². The number of rotatable bonds is 2. The molecule has 2 rings (SSSR count). The van der Waals surface area contributed by atoms with Gasteiger partial charge < -0.3 is 25.2 Å². The minimum Gasteiger partial charge on any atom is -0.507 e. The summed E-state index contributed by atoms with van der Waals surface area (Å²) in [7, 11) is 0. The smallest absolute Gasteiger partial charge is 0.339 e. The minimum absolute atomic E-state index is 0.209. The Morgan fingerprint density at radius 2 is 2.10 bits per heavy atom. The van der Waals surface area contributed by atoms with Crippen molar-refractivity contribution in [3.05, 3.63) is 23.8 Å². The minimum atomic E-state index is -1.22. The third-order valence-corrected chi connectivity index (χ3v) is 3.37. The molecule has 1 fully saturated rings. The van der Waals surface area contributed by atoms with Gasteiger partial charge in [0.15, 0.2) is 0 Å². The molecule has 0 radical (unpaired) electrons. The Hall–Kier alpha value is -2.28. The van der Waals surface area contributed by atoms with Crippen LogP contribution in [0.4, 0.5) is 10.5 Å². The summed E-state index contributed by atoms with van der Waals surface area (Å²) in [6, 6.07) is 3.59. The third kappa shape index (κ3) is 3.25. The lowest BCUT2D eigenvalue weighted by Gasteiger charge is -2.41. The predicted molar refractivity (Wildman–Crippen MR) is 75.7 cm³/mol. The van der Waals surface area contributed by atoms with Crippen LogP contribution in [0.1, 0.15) is 24.2 Å². The lowest BCUT2D eigenvalue weighted by molar-refractivity contribution is -0.0249. The Morgan fingerprint density at radius 3 is 2.67 bits per heavy atom. The Kier molecular flexibility index (Phi) is 4.04. The van der Waals surface area contributed by atoms with Gasteiger partial charge in [0.2, 0.25) is 0 Å². The molecule has 0 aliphatic carbocycles. The molecule has 114 valence electrons. The fraction of sp³-hybridized carbons (Fsp3) is 0.429. The zero-order valence-corrected chi connectivity index (χ0v) is 11.9. The first kappa shape index (κ1) is 15.1. The molecule has 0 saturated carbocycles. The second kappa shape index (κ2) is 5.61. The fourth-order valence-electron chi connectivity index (χ4n) is 2.22. The number of hydrogen-bond acceptors (Lipinski definition) is 4. The number of ether oxygens (including phenoxy) is 1. The fourth-order valence-corrected chi connectivity index (χ4v) is 2.22. The van der Waals surface area contributed by atoms with Gasteiger partial charge in [-0.2, -0.15) is 0 Å². The molecule has 1 heterocycles. The van der Waals surface area contributed by atoms with E-state index in [4.69, 9.17) is 9.84 Å². The summed E-state index contributed by atoms with van der Waals surface area (Å²) >= 11 is 0. The van der Waals surface area contributed by atoms with E-state index in [1.165, 1.54) is 18.2 Å². The lowest BCUT2D eigenvalue weighted by Crippen LogP contribution is -2.56. The molecule has 0 unspecified atom stereocenters. The van der Waals surface area contributed by atoms with E-state index >= 15 is 0 Å². The van der Waals surface area contributed by atoms with Crippen LogP contribution in [-0.4, -0.2) is 52.4 Å². The molecule has 1 aliphatic heterocycles. The molecule has 0 aromatic heterocycles. The first-order valence-electron chi connectivity index (χ1n) is 6.54. The number of nitrogens with one attached hydrogen (secondary N) is 1. The summed E-state index contributed by atoms with van der Waals surface area (Å²) in [4.78, 5) is 24.7. The summed E-state index contributed by atoms with van der Waals surface area (Å²) in [5.74, 6) is -1.61. The van der Waals surface area contributed by atoms with Crippen molar-refractivity contribution < 1.29 is 24.5 Å². The second-order valence-corrected chi connectivity index (χ2v) is 5.48. The van der Waals surface area contributed by atoms with Crippen LogP contribution in [0.25, 0.3) is 0 Å². The number of amides is 2. The molecule has 7 nitrogen and oxygen atoms in total. The number of benzene rings is 1. The largest absolute Gasteiger partial charge is 0.507 e.